The SMILES string of the molecule is CCCNC(=O)N1CCN(c2ccccc2Cl)CC1. The molecule has 2 amide bonds. The highest BCUT2D eigenvalue weighted by atomic mass is 35.5. The summed E-state index contributed by atoms with van der Waals surface area (Å²) in [6, 6.07) is 7.88. The highest BCUT2D eigenvalue weighted by Crippen LogP contribution is 2.25. The lowest BCUT2D eigenvalue weighted by Gasteiger charge is -2.36. The predicted octanol–water partition coefficient (Wildman–Crippen LogP) is 2.58. The number of rotatable bonds is 3. The van der Waals surface area contributed by atoms with E-state index in [0.717, 1.165) is 49.9 Å². The summed E-state index contributed by atoms with van der Waals surface area (Å²) in [5.41, 5.74) is 1.05. The lowest BCUT2D eigenvalue weighted by molar-refractivity contribution is 0.194. The third-order valence-corrected chi connectivity index (χ3v) is 3.61. The largest absolute Gasteiger partial charge is 0.367 e. The van der Waals surface area contributed by atoms with Crippen LogP contribution in [0.5, 0.6) is 0 Å². The molecule has 0 bridgehead atoms. The molecule has 5 heteroatoms. The van der Waals surface area contributed by atoms with Crippen LogP contribution in [0.15, 0.2) is 24.3 Å². The number of nitrogens with zero attached hydrogens (tertiary/aromatic N) is 2. The number of hydrogen-bond acceptors (Lipinski definition) is 2. The highest BCUT2D eigenvalue weighted by molar-refractivity contribution is 6.33. The third kappa shape index (κ3) is 3.53. The lowest BCUT2D eigenvalue weighted by Crippen LogP contribution is -2.52. The van der Waals surface area contributed by atoms with E-state index in [2.05, 4.69) is 17.1 Å². The molecule has 1 fully saturated rings. The van der Waals surface area contributed by atoms with Crippen molar-refractivity contribution >= 4 is 23.3 Å². The van der Waals surface area contributed by atoms with Gasteiger partial charge in [-0.05, 0) is 18.6 Å². The Hall–Kier alpha value is -1.42. The molecule has 1 aliphatic rings. The second-order valence-corrected chi connectivity index (χ2v) is 5.06. The quantitative estimate of drug-likeness (QED) is 0.924. The summed E-state index contributed by atoms with van der Waals surface area (Å²) in [7, 11) is 0. The number of anilines is 1. The van der Waals surface area contributed by atoms with Gasteiger partial charge in [0.05, 0.1) is 10.7 Å². The molecule has 1 N–H and O–H groups in total. The maximum Gasteiger partial charge on any atom is 0.317 e. The Morgan fingerprint density at radius 3 is 2.58 bits per heavy atom. The van der Waals surface area contributed by atoms with Crippen molar-refractivity contribution in [1.29, 1.82) is 0 Å². The Kier molecular flexibility index (Phi) is 4.91. The van der Waals surface area contributed by atoms with E-state index in [1.54, 1.807) is 0 Å². The fourth-order valence-electron chi connectivity index (χ4n) is 2.20. The predicted molar refractivity (Wildman–Crippen MR) is 78.9 cm³/mol. The highest BCUT2D eigenvalue weighted by Gasteiger charge is 2.21. The second kappa shape index (κ2) is 6.66. The van der Waals surface area contributed by atoms with Crippen molar-refractivity contribution in [2.24, 2.45) is 0 Å². The second-order valence-electron chi connectivity index (χ2n) is 4.66. The number of halogens is 1. The van der Waals surface area contributed by atoms with Gasteiger partial charge in [-0.2, -0.15) is 0 Å². The minimum absolute atomic E-state index is 0.0423. The van der Waals surface area contributed by atoms with Gasteiger partial charge in [0.25, 0.3) is 0 Å². The van der Waals surface area contributed by atoms with Crippen LogP contribution in [0.1, 0.15) is 13.3 Å². The van der Waals surface area contributed by atoms with E-state index in [-0.39, 0.29) is 6.03 Å². The van der Waals surface area contributed by atoms with Crippen LogP contribution in [-0.4, -0.2) is 43.7 Å². The molecule has 1 heterocycles. The van der Waals surface area contributed by atoms with Crippen LogP contribution in [0.4, 0.5) is 10.5 Å². The van der Waals surface area contributed by atoms with Crippen LogP contribution >= 0.6 is 11.6 Å². The van der Waals surface area contributed by atoms with Crippen LogP contribution in [0, 0.1) is 0 Å². The van der Waals surface area contributed by atoms with Gasteiger partial charge in [0.15, 0.2) is 0 Å². The van der Waals surface area contributed by atoms with Gasteiger partial charge in [0.2, 0.25) is 0 Å². The molecule has 104 valence electrons. The summed E-state index contributed by atoms with van der Waals surface area (Å²) in [6.45, 7) is 5.91. The molecule has 0 saturated carbocycles. The molecule has 2 rings (SSSR count). The number of hydrogen-bond donors (Lipinski definition) is 1. The third-order valence-electron chi connectivity index (χ3n) is 3.29. The maximum atomic E-state index is 11.8. The van der Waals surface area contributed by atoms with Gasteiger partial charge in [-0.15, -0.1) is 0 Å². The van der Waals surface area contributed by atoms with Crippen LogP contribution in [0.25, 0.3) is 0 Å². The number of para-hydroxylation sites is 1. The number of urea groups is 1. The molecule has 1 saturated heterocycles. The van der Waals surface area contributed by atoms with Gasteiger partial charge < -0.3 is 15.1 Å². The number of piperazine rings is 1. The van der Waals surface area contributed by atoms with Gasteiger partial charge in [0.1, 0.15) is 0 Å². The maximum absolute atomic E-state index is 11.8. The smallest absolute Gasteiger partial charge is 0.317 e. The van der Waals surface area contributed by atoms with Gasteiger partial charge in [-0.25, -0.2) is 4.79 Å². The Bertz CT molecular complexity index is 430. The summed E-state index contributed by atoms with van der Waals surface area (Å²) >= 11 is 6.19. The van der Waals surface area contributed by atoms with E-state index in [0.29, 0.717) is 0 Å². The van der Waals surface area contributed by atoms with Crippen LogP contribution < -0.4 is 10.2 Å². The molecule has 0 aliphatic carbocycles. The van der Waals surface area contributed by atoms with Crippen molar-refractivity contribution in [2.75, 3.05) is 37.6 Å². The van der Waals surface area contributed by atoms with Crippen molar-refractivity contribution < 1.29 is 4.79 Å². The van der Waals surface area contributed by atoms with Crippen LogP contribution in [-0.2, 0) is 0 Å². The molecule has 0 radical (unpaired) electrons. The van der Waals surface area contributed by atoms with Gasteiger partial charge in [-0.3, -0.25) is 0 Å². The summed E-state index contributed by atoms with van der Waals surface area (Å²) in [6.07, 6.45) is 0.964. The molecule has 1 aromatic carbocycles. The first-order valence-electron chi connectivity index (χ1n) is 6.74. The van der Waals surface area contributed by atoms with Gasteiger partial charge >= 0.3 is 6.03 Å². The Morgan fingerprint density at radius 1 is 1.26 bits per heavy atom. The molecule has 0 aromatic heterocycles. The lowest BCUT2D eigenvalue weighted by atomic mass is 10.2. The minimum atomic E-state index is 0.0423. The van der Waals surface area contributed by atoms with E-state index in [1.165, 1.54) is 0 Å². The van der Waals surface area contributed by atoms with Gasteiger partial charge in [-0.1, -0.05) is 30.7 Å². The summed E-state index contributed by atoms with van der Waals surface area (Å²) in [5, 5.41) is 3.68. The Labute approximate surface area is 119 Å². The zero-order chi connectivity index (χ0) is 13.7. The average Bonchev–Trinajstić information content (AvgIpc) is 2.45. The van der Waals surface area contributed by atoms with Crippen molar-refractivity contribution in [2.45, 2.75) is 13.3 Å². The Morgan fingerprint density at radius 2 is 1.95 bits per heavy atom. The fraction of sp³-hybridized carbons (Fsp3) is 0.500. The molecule has 0 atom stereocenters. The molecular weight excluding hydrogens is 262 g/mol. The normalized spacial score (nSPS) is 15.5. The summed E-state index contributed by atoms with van der Waals surface area (Å²) < 4.78 is 0. The molecule has 4 nitrogen and oxygen atoms in total. The molecular formula is C14H20ClN3O. The zero-order valence-electron chi connectivity index (χ0n) is 11.2. The molecule has 0 spiro atoms. The standard InChI is InChI=1S/C14H20ClN3O/c1-2-7-16-14(19)18-10-8-17(9-11-18)13-6-4-3-5-12(13)15/h3-6H,2,7-11H2,1H3,(H,16,19). The minimum Gasteiger partial charge on any atom is -0.367 e. The summed E-state index contributed by atoms with van der Waals surface area (Å²) in [4.78, 5) is 15.9. The summed E-state index contributed by atoms with van der Waals surface area (Å²) in [5.74, 6) is 0. The Balaban J connectivity index is 1.89. The number of carbonyl (C=O) groups excluding carboxylic acids is 1. The van der Waals surface area contributed by atoms with Gasteiger partial charge in [0, 0.05) is 32.7 Å². The molecule has 0 unspecified atom stereocenters. The van der Waals surface area contributed by atoms with E-state index in [9.17, 15) is 4.79 Å². The monoisotopic (exact) mass is 281 g/mol. The number of nitrogens with one attached hydrogen (secondary N) is 1. The van der Waals surface area contributed by atoms with E-state index >= 15 is 0 Å². The first-order valence-corrected chi connectivity index (χ1v) is 7.12. The number of amides is 2. The number of benzene rings is 1. The van der Waals surface area contributed by atoms with E-state index in [4.69, 9.17) is 11.6 Å². The molecule has 19 heavy (non-hydrogen) atoms. The van der Waals surface area contributed by atoms with Crippen LogP contribution in [0.2, 0.25) is 5.02 Å². The molecule has 1 aromatic rings. The van der Waals surface area contributed by atoms with Crippen molar-refractivity contribution in [1.82, 2.24) is 10.2 Å². The topological polar surface area (TPSA) is 35.6 Å². The molecule has 1 aliphatic heterocycles. The number of carbonyl (C=O) groups is 1. The zero-order valence-corrected chi connectivity index (χ0v) is 12.0. The van der Waals surface area contributed by atoms with Crippen molar-refractivity contribution in [3.63, 3.8) is 0 Å². The first-order chi connectivity index (χ1) is 9.22. The van der Waals surface area contributed by atoms with E-state index < -0.39 is 0 Å². The average molecular weight is 282 g/mol. The van der Waals surface area contributed by atoms with Crippen LogP contribution in [0.3, 0.4) is 0 Å². The van der Waals surface area contributed by atoms with E-state index in [1.807, 2.05) is 29.2 Å². The van der Waals surface area contributed by atoms with Crippen molar-refractivity contribution in [3.05, 3.63) is 29.3 Å². The first kappa shape index (κ1) is 14.0. The fourth-order valence-corrected chi connectivity index (χ4v) is 2.46. The van der Waals surface area contributed by atoms with Crippen molar-refractivity contribution in [3.8, 4) is 0 Å².